The number of fused-ring (bicyclic) bond motifs is 1. The van der Waals surface area contributed by atoms with Gasteiger partial charge in [0.05, 0.1) is 10.3 Å². The molecule has 3 aromatic carbocycles. The summed E-state index contributed by atoms with van der Waals surface area (Å²) < 4.78 is 33.6. The number of rotatable bonds is 5. The summed E-state index contributed by atoms with van der Waals surface area (Å²) in [5.41, 5.74) is 2.84. The summed E-state index contributed by atoms with van der Waals surface area (Å²) in [6.45, 7) is 0.203. The van der Waals surface area contributed by atoms with Crippen molar-refractivity contribution in [2.24, 2.45) is 5.14 Å². The van der Waals surface area contributed by atoms with Crippen molar-refractivity contribution >= 4 is 21.6 Å². The Morgan fingerprint density at radius 2 is 1.52 bits per heavy atom. The largest absolute Gasteiger partial charge is 0.454 e. The molecule has 5 rings (SSSR count). The maximum absolute atomic E-state index is 13.0. The van der Waals surface area contributed by atoms with Gasteiger partial charge in [0.1, 0.15) is 0 Å². The molecule has 0 spiro atoms. The summed E-state index contributed by atoms with van der Waals surface area (Å²) in [5.74, 6) is 1.33. The Hall–Kier alpha value is -3.36. The third-order valence-electron chi connectivity index (χ3n) is 5.77. The minimum absolute atomic E-state index is 0. The number of benzene rings is 3. The fourth-order valence-corrected chi connectivity index (χ4v) is 4.32. The molecule has 1 saturated carbocycles. The molecule has 160 valence electrons. The van der Waals surface area contributed by atoms with E-state index in [1.807, 2.05) is 42.5 Å². The molecule has 0 radical (unpaired) electrons. The van der Waals surface area contributed by atoms with Gasteiger partial charge in [0.2, 0.25) is 22.7 Å². The number of carbonyl (C=O) groups is 1. The van der Waals surface area contributed by atoms with E-state index in [0.717, 1.165) is 29.5 Å². The zero-order valence-electron chi connectivity index (χ0n) is 16.5. The monoisotopic (exact) mass is 438 g/mol. The highest BCUT2D eigenvalue weighted by Crippen LogP contribution is 2.51. The van der Waals surface area contributed by atoms with Gasteiger partial charge >= 0.3 is 0 Å². The lowest BCUT2D eigenvalue weighted by Crippen LogP contribution is -2.27. The molecule has 31 heavy (non-hydrogen) atoms. The highest BCUT2D eigenvalue weighted by Gasteiger charge is 2.51. The van der Waals surface area contributed by atoms with Crippen LogP contribution in [0.25, 0.3) is 11.1 Å². The molecule has 3 N–H and O–H groups in total. The van der Waals surface area contributed by atoms with Crippen molar-refractivity contribution in [2.75, 3.05) is 12.1 Å². The minimum atomic E-state index is -3.72. The van der Waals surface area contributed by atoms with Crippen LogP contribution in [0.2, 0.25) is 0 Å². The summed E-state index contributed by atoms with van der Waals surface area (Å²) in [7, 11) is -3.72. The van der Waals surface area contributed by atoms with Crippen LogP contribution in [0.4, 0.5) is 5.69 Å². The maximum atomic E-state index is 13.0. The van der Waals surface area contributed by atoms with Gasteiger partial charge in [0, 0.05) is 7.11 Å². The Morgan fingerprint density at radius 1 is 0.903 bits per heavy atom. The number of hydrogen-bond acceptors (Lipinski definition) is 5. The molecule has 1 aliphatic carbocycles. The summed E-state index contributed by atoms with van der Waals surface area (Å²) in [4.78, 5) is 13.1. The first kappa shape index (κ1) is 19.6. The second-order valence-electron chi connectivity index (χ2n) is 7.75. The lowest BCUT2D eigenvalue weighted by molar-refractivity contribution is -0.118. The van der Waals surface area contributed by atoms with Gasteiger partial charge in [0.15, 0.2) is 11.5 Å². The Morgan fingerprint density at radius 3 is 2.13 bits per heavy atom. The highest BCUT2D eigenvalue weighted by molar-refractivity contribution is 7.89. The number of anilines is 1. The van der Waals surface area contributed by atoms with Crippen LogP contribution >= 0.6 is 0 Å². The molecule has 0 atom stereocenters. The lowest BCUT2D eigenvalue weighted by Gasteiger charge is -2.16. The molecule has 2 aliphatic rings. The van der Waals surface area contributed by atoms with Gasteiger partial charge in [-0.3, -0.25) is 4.79 Å². The second-order valence-corrected chi connectivity index (χ2v) is 9.31. The van der Waals surface area contributed by atoms with Crippen molar-refractivity contribution in [1.29, 1.82) is 0 Å². The summed E-state index contributed by atoms with van der Waals surface area (Å²) in [5, 5.41) is 8.15. The zero-order valence-corrected chi connectivity index (χ0v) is 17.3. The van der Waals surface area contributed by atoms with Crippen molar-refractivity contribution < 1.29 is 24.1 Å². The van der Waals surface area contributed by atoms with Crippen molar-refractivity contribution in [1.82, 2.24) is 0 Å². The van der Waals surface area contributed by atoms with Crippen LogP contribution in [0.15, 0.2) is 71.6 Å². The van der Waals surface area contributed by atoms with Crippen LogP contribution in [-0.4, -0.2) is 21.1 Å². The normalized spacial score (nSPS) is 16.0. The molecular formula is C23H22N2O5S. The van der Waals surface area contributed by atoms with Crippen LogP contribution < -0.4 is 19.9 Å². The van der Waals surface area contributed by atoms with E-state index < -0.39 is 15.4 Å². The van der Waals surface area contributed by atoms with Crippen LogP contribution in [0, 0.1) is 0 Å². The van der Waals surface area contributed by atoms with Crippen molar-refractivity contribution in [3.63, 3.8) is 0 Å². The van der Waals surface area contributed by atoms with Gasteiger partial charge in [0.25, 0.3) is 0 Å². The molecule has 1 aliphatic heterocycles. The van der Waals surface area contributed by atoms with Gasteiger partial charge < -0.3 is 14.8 Å². The second kappa shape index (κ2) is 7.11. The lowest BCUT2D eigenvalue weighted by atomic mass is 9.94. The van der Waals surface area contributed by atoms with Crippen molar-refractivity contribution in [3.8, 4) is 22.6 Å². The van der Waals surface area contributed by atoms with E-state index in [1.54, 1.807) is 12.1 Å². The molecule has 8 heteroatoms. The van der Waals surface area contributed by atoms with Gasteiger partial charge in [-0.25, -0.2) is 13.6 Å². The van der Waals surface area contributed by atoms with E-state index in [2.05, 4.69) is 5.32 Å². The Kier molecular flexibility index (Phi) is 4.49. The van der Waals surface area contributed by atoms with E-state index in [4.69, 9.17) is 14.6 Å². The van der Waals surface area contributed by atoms with E-state index in [9.17, 15) is 13.2 Å². The molecular weight excluding hydrogens is 416 g/mol. The molecule has 1 amide bonds. The Bertz CT molecular complexity index is 1270. The first-order valence-electron chi connectivity index (χ1n) is 9.80. The van der Waals surface area contributed by atoms with Crippen LogP contribution in [0.5, 0.6) is 11.5 Å². The molecule has 0 aromatic heterocycles. The van der Waals surface area contributed by atoms with E-state index in [0.29, 0.717) is 17.2 Å². The van der Waals surface area contributed by atoms with E-state index in [1.165, 1.54) is 12.1 Å². The molecule has 7 nitrogen and oxygen atoms in total. The number of carbonyl (C=O) groups excluding carboxylic acids is 1. The SMILES string of the molecule is NS(=O)(=O)c1ccc(-c2ccc(NC(=O)C3(c4ccc5c(c4)OCO5)CC3)cc2)cc1.[HH]. The maximum Gasteiger partial charge on any atom is 0.238 e. The van der Waals surface area contributed by atoms with Gasteiger partial charge in [-0.15, -0.1) is 0 Å². The molecule has 0 unspecified atom stereocenters. The minimum Gasteiger partial charge on any atom is -0.454 e. The summed E-state index contributed by atoms with van der Waals surface area (Å²) in [6, 6.07) is 19.4. The third-order valence-corrected chi connectivity index (χ3v) is 6.70. The highest BCUT2D eigenvalue weighted by atomic mass is 32.2. The summed E-state index contributed by atoms with van der Waals surface area (Å²) >= 11 is 0. The van der Waals surface area contributed by atoms with Gasteiger partial charge in [-0.1, -0.05) is 30.3 Å². The Labute approximate surface area is 181 Å². The van der Waals surface area contributed by atoms with E-state index >= 15 is 0 Å². The number of primary sulfonamides is 1. The molecule has 1 fully saturated rings. The van der Waals surface area contributed by atoms with Crippen LogP contribution in [0.3, 0.4) is 0 Å². The summed E-state index contributed by atoms with van der Waals surface area (Å²) in [6.07, 6.45) is 1.57. The number of ether oxygens (including phenoxy) is 2. The Balaban J connectivity index is 0.00000245. The van der Waals surface area contributed by atoms with E-state index in [-0.39, 0.29) is 19.0 Å². The smallest absolute Gasteiger partial charge is 0.238 e. The fourth-order valence-electron chi connectivity index (χ4n) is 3.80. The first-order valence-corrected chi connectivity index (χ1v) is 11.3. The third kappa shape index (κ3) is 3.64. The first-order chi connectivity index (χ1) is 14.8. The number of hydrogen-bond donors (Lipinski definition) is 2. The van der Waals surface area contributed by atoms with Crippen molar-refractivity contribution in [3.05, 3.63) is 72.3 Å². The number of amides is 1. The average Bonchev–Trinajstić information content (AvgIpc) is 3.45. The topological polar surface area (TPSA) is 108 Å². The fraction of sp³-hybridized carbons (Fsp3) is 0.174. The number of nitrogens with two attached hydrogens (primary N) is 1. The number of sulfonamides is 1. The molecule has 1 heterocycles. The van der Waals surface area contributed by atoms with Gasteiger partial charge in [-0.2, -0.15) is 0 Å². The number of nitrogens with one attached hydrogen (secondary N) is 1. The molecule has 0 bridgehead atoms. The molecule has 3 aromatic rings. The predicted octanol–water partition coefficient (Wildman–Crippen LogP) is 3.65. The quantitative estimate of drug-likeness (QED) is 0.632. The van der Waals surface area contributed by atoms with Gasteiger partial charge in [-0.05, 0) is 65.9 Å². The standard InChI is InChI=1S/C23H20N2O5S.H2/c24-31(27,28)19-8-3-16(4-9-19)15-1-6-18(7-2-15)25-22(26)23(11-12-23)17-5-10-20-21(13-17)30-14-29-20;/h1-10,13H,11-12,14H2,(H,25,26)(H2,24,27,28);1H. The van der Waals surface area contributed by atoms with Crippen molar-refractivity contribution in [2.45, 2.75) is 23.2 Å². The van der Waals surface area contributed by atoms with Crippen LogP contribution in [0.1, 0.15) is 19.8 Å². The average molecular weight is 439 g/mol. The van der Waals surface area contributed by atoms with Crippen LogP contribution in [-0.2, 0) is 20.2 Å². The predicted molar refractivity (Wildman–Crippen MR) is 117 cm³/mol. The molecule has 0 saturated heterocycles. The zero-order chi connectivity index (χ0) is 21.6.